The zero-order valence-corrected chi connectivity index (χ0v) is 16.8. The van der Waals surface area contributed by atoms with E-state index in [0.29, 0.717) is 13.2 Å². The van der Waals surface area contributed by atoms with Crippen LogP contribution in [-0.2, 0) is 0 Å². The Labute approximate surface area is 158 Å². The first-order chi connectivity index (χ1) is 10.1. The Morgan fingerprint density at radius 1 is 0.952 bits per heavy atom. The van der Waals surface area contributed by atoms with Gasteiger partial charge >= 0.3 is 0 Å². The van der Waals surface area contributed by atoms with Gasteiger partial charge in [0.05, 0.1) is 5.38 Å². The zero-order valence-electron chi connectivity index (χ0n) is 10.7. The van der Waals surface area contributed by atoms with Crippen LogP contribution in [0.5, 0.6) is 11.5 Å². The second-order valence-corrected chi connectivity index (χ2v) is 7.94. The second-order valence-electron chi connectivity index (χ2n) is 4.55. The normalized spacial score (nSPS) is 14.9. The zero-order chi connectivity index (χ0) is 15.0. The Kier molecular flexibility index (Phi) is 5.03. The van der Waals surface area contributed by atoms with Crippen molar-refractivity contribution in [1.29, 1.82) is 0 Å². The van der Waals surface area contributed by atoms with E-state index >= 15 is 0 Å². The van der Waals surface area contributed by atoms with Crippen molar-refractivity contribution in [3.8, 4) is 11.5 Å². The molecule has 0 aromatic heterocycles. The molecule has 1 atom stereocenters. The molecule has 2 aromatic carbocycles. The smallest absolute Gasteiger partial charge is 0.162 e. The SMILES string of the molecule is ClC(c1cc(I)ccc1Br)c1cc2c(cc1Br)OCCO2. The van der Waals surface area contributed by atoms with Crippen molar-refractivity contribution < 1.29 is 9.47 Å². The van der Waals surface area contributed by atoms with Crippen LogP contribution in [0, 0.1) is 3.57 Å². The van der Waals surface area contributed by atoms with Gasteiger partial charge in [-0.1, -0.05) is 31.9 Å². The van der Waals surface area contributed by atoms with E-state index in [1.54, 1.807) is 0 Å². The van der Waals surface area contributed by atoms with Gasteiger partial charge in [-0.2, -0.15) is 0 Å². The first-order valence-electron chi connectivity index (χ1n) is 6.24. The van der Waals surface area contributed by atoms with Crippen molar-refractivity contribution in [3.63, 3.8) is 0 Å². The minimum atomic E-state index is -0.278. The molecule has 0 saturated carbocycles. The predicted octanol–water partition coefficient (Wildman–Crippen LogP) is 5.92. The lowest BCUT2D eigenvalue weighted by Gasteiger charge is -2.22. The van der Waals surface area contributed by atoms with Crippen LogP contribution in [0.2, 0.25) is 0 Å². The molecule has 0 bridgehead atoms. The largest absolute Gasteiger partial charge is 0.486 e. The minimum Gasteiger partial charge on any atom is -0.486 e. The molecule has 3 rings (SSSR count). The number of rotatable bonds is 2. The molecule has 6 heteroatoms. The molecule has 1 unspecified atom stereocenters. The van der Waals surface area contributed by atoms with Gasteiger partial charge in [-0.25, -0.2) is 0 Å². The maximum absolute atomic E-state index is 6.70. The lowest BCUT2D eigenvalue weighted by atomic mass is 10.0. The molecule has 0 aliphatic carbocycles. The van der Waals surface area contributed by atoms with Gasteiger partial charge in [0.2, 0.25) is 0 Å². The lowest BCUT2D eigenvalue weighted by molar-refractivity contribution is 0.171. The van der Waals surface area contributed by atoms with Crippen LogP contribution in [0.15, 0.2) is 39.3 Å². The Morgan fingerprint density at radius 2 is 1.57 bits per heavy atom. The van der Waals surface area contributed by atoms with Gasteiger partial charge in [0.1, 0.15) is 13.2 Å². The van der Waals surface area contributed by atoms with Crippen molar-refractivity contribution in [2.75, 3.05) is 13.2 Å². The summed E-state index contributed by atoms with van der Waals surface area (Å²) in [6, 6.07) is 9.99. The molecule has 1 aliphatic heterocycles. The maximum Gasteiger partial charge on any atom is 0.162 e. The summed E-state index contributed by atoms with van der Waals surface area (Å²) in [5.41, 5.74) is 1.99. The summed E-state index contributed by atoms with van der Waals surface area (Å²) in [6.45, 7) is 1.14. The Morgan fingerprint density at radius 3 is 2.29 bits per heavy atom. The summed E-state index contributed by atoms with van der Waals surface area (Å²) >= 11 is 16.1. The number of alkyl halides is 1. The molecule has 0 amide bonds. The average Bonchev–Trinajstić information content (AvgIpc) is 2.48. The Bertz CT molecular complexity index is 694. The Hall–Kier alpha value is 0.0200. The highest BCUT2D eigenvalue weighted by atomic mass is 127. The van der Waals surface area contributed by atoms with Crippen LogP contribution in [0.25, 0.3) is 0 Å². The van der Waals surface area contributed by atoms with Crippen LogP contribution < -0.4 is 9.47 Å². The Balaban J connectivity index is 2.05. The number of halogens is 4. The first-order valence-corrected chi connectivity index (χ1v) is 9.34. The van der Waals surface area contributed by atoms with Crippen LogP contribution >= 0.6 is 66.1 Å². The van der Waals surface area contributed by atoms with E-state index < -0.39 is 0 Å². The van der Waals surface area contributed by atoms with Gasteiger partial charge < -0.3 is 9.47 Å². The minimum absolute atomic E-state index is 0.278. The monoisotopic (exact) mass is 542 g/mol. The predicted molar refractivity (Wildman–Crippen MR) is 99.7 cm³/mol. The van der Waals surface area contributed by atoms with Gasteiger partial charge in [0.25, 0.3) is 0 Å². The molecule has 0 N–H and O–H groups in total. The quantitative estimate of drug-likeness (QED) is 0.346. The molecule has 21 heavy (non-hydrogen) atoms. The lowest BCUT2D eigenvalue weighted by Crippen LogP contribution is -2.15. The second kappa shape index (κ2) is 6.64. The first kappa shape index (κ1) is 15.9. The molecule has 0 saturated heterocycles. The van der Waals surface area contributed by atoms with Crippen molar-refractivity contribution in [2.45, 2.75) is 5.38 Å². The van der Waals surface area contributed by atoms with Crippen molar-refractivity contribution in [1.82, 2.24) is 0 Å². The molecule has 1 aliphatic rings. The van der Waals surface area contributed by atoms with Crippen LogP contribution in [0.4, 0.5) is 0 Å². The van der Waals surface area contributed by atoms with E-state index in [1.807, 2.05) is 24.3 Å². The molecule has 2 aromatic rings. The highest BCUT2D eigenvalue weighted by Crippen LogP contribution is 2.43. The van der Waals surface area contributed by atoms with Gasteiger partial charge in [-0.05, 0) is 64.0 Å². The van der Waals surface area contributed by atoms with Crippen molar-refractivity contribution in [2.24, 2.45) is 0 Å². The number of hydrogen-bond acceptors (Lipinski definition) is 2. The molecule has 0 fully saturated rings. The molecular formula is C15H10Br2ClIO2. The summed E-state index contributed by atoms with van der Waals surface area (Å²) in [5.74, 6) is 1.49. The molecule has 0 radical (unpaired) electrons. The van der Waals surface area contributed by atoms with E-state index in [0.717, 1.165) is 35.1 Å². The fourth-order valence-corrected chi connectivity index (χ4v) is 4.32. The standard InChI is InChI=1S/C15H10Br2ClIO2/c16-11-2-1-8(19)5-9(11)15(18)10-6-13-14(7-12(10)17)21-4-3-20-13/h1-2,5-7,15H,3-4H2. The molecule has 110 valence electrons. The van der Waals surface area contributed by atoms with E-state index in [9.17, 15) is 0 Å². The third kappa shape index (κ3) is 3.35. The average molecular weight is 544 g/mol. The highest BCUT2D eigenvalue weighted by Gasteiger charge is 2.21. The summed E-state index contributed by atoms with van der Waals surface area (Å²) in [6.07, 6.45) is 0. The summed E-state index contributed by atoms with van der Waals surface area (Å²) in [5, 5.41) is -0.278. The third-order valence-electron chi connectivity index (χ3n) is 3.17. The highest BCUT2D eigenvalue weighted by molar-refractivity contribution is 14.1. The van der Waals surface area contributed by atoms with Crippen LogP contribution in [-0.4, -0.2) is 13.2 Å². The molecule has 0 spiro atoms. The summed E-state index contributed by atoms with van der Waals surface area (Å²) in [7, 11) is 0. The van der Waals surface area contributed by atoms with E-state index in [-0.39, 0.29) is 5.38 Å². The van der Waals surface area contributed by atoms with Gasteiger partial charge in [-0.3, -0.25) is 0 Å². The number of fused-ring (bicyclic) bond motifs is 1. The summed E-state index contributed by atoms with van der Waals surface area (Å²) in [4.78, 5) is 0. The summed E-state index contributed by atoms with van der Waals surface area (Å²) < 4.78 is 14.3. The van der Waals surface area contributed by atoms with Crippen molar-refractivity contribution in [3.05, 3.63) is 54.0 Å². The van der Waals surface area contributed by atoms with Gasteiger partial charge in [0, 0.05) is 12.5 Å². The fourth-order valence-electron chi connectivity index (χ4n) is 2.15. The van der Waals surface area contributed by atoms with Crippen LogP contribution in [0.1, 0.15) is 16.5 Å². The molecule has 2 nitrogen and oxygen atoms in total. The topological polar surface area (TPSA) is 18.5 Å². The third-order valence-corrected chi connectivity index (χ3v) is 5.72. The molecular weight excluding hydrogens is 534 g/mol. The van der Waals surface area contributed by atoms with E-state index in [4.69, 9.17) is 21.1 Å². The fraction of sp³-hybridized carbons (Fsp3) is 0.200. The molecule has 1 heterocycles. The number of benzene rings is 2. The van der Waals surface area contributed by atoms with Gasteiger partial charge in [0.15, 0.2) is 11.5 Å². The van der Waals surface area contributed by atoms with Gasteiger partial charge in [-0.15, -0.1) is 11.6 Å². The van der Waals surface area contributed by atoms with E-state index in [1.165, 1.54) is 0 Å². The number of ether oxygens (including phenoxy) is 2. The maximum atomic E-state index is 6.70. The van der Waals surface area contributed by atoms with Crippen molar-refractivity contribution >= 4 is 66.1 Å². The number of hydrogen-bond donors (Lipinski definition) is 0. The van der Waals surface area contributed by atoms with Crippen LogP contribution in [0.3, 0.4) is 0 Å². The van der Waals surface area contributed by atoms with E-state index in [2.05, 4.69) is 60.5 Å².